The molecule has 1 saturated heterocycles. The van der Waals surface area contributed by atoms with Crippen molar-refractivity contribution < 1.29 is 22.4 Å². The number of hydrogen-bond acceptors (Lipinski definition) is 6. The van der Waals surface area contributed by atoms with Crippen LogP contribution in [0.1, 0.15) is 33.8 Å². The van der Waals surface area contributed by atoms with E-state index in [2.05, 4.69) is 4.90 Å². The van der Waals surface area contributed by atoms with Crippen LogP contribution in [0, 0.1) is 27.7 Å². The van der Waals surface area contributed by atoms with Gasteiger partial charge in [0.05, 0.1) is 31.2 Å². The van der Waals surface area contributed by atoms with Gasteiger partial charge >= 0.3 is 0 Å². The molecule has 0 bridgehead atoms. The zero-order chi connectivity index (χ0) is 28.0. The lowest BCUT2D eigenvalue weighted by Gasteiger charge is -2.31. The maximum absolute atomic E-state index is 14.1. The molecule has 0 atom stereocenters. The van der Waals surface area contributed by atoms with Crippen LogP contribution in [0.2, 0.25) is 0 Å². The number of benzene rings is 2. The van der Waals surface area contributed by atoms with Crippen molar-refractivity contribution in [2.75, 3.05) is 45.9 Å². The summed E-state index contributed by atoms with van der Waals surface area (Å²) in [5.74, 6) is 1.14. The third-order valence-corrected chi connectivity index (χ3v) is 9.15. The quantitative estimate of drug-likeness (QED) is 0.356. The van der Waals surface area contributed by atoms with E-state index >= 15 is 0 Å². The summed E-state index contributed by atoms with van der Waals surface area (Å²) in [6.07, 6.45) is 0. The van der Waals surface area contributed by atoms with E-state index in [0.29, 0.717) is 43.2 Å². The Morgan fingerprint density at radius 3 is 2.21 bits per heavy atom. The SMILES string of the molecule is Cc1cc(C)c(S(=O)(=O)N(CCN2CCOCC2)CC(=O)N(Cc2ccccc2)Cc2ccc(C)o2)c(C)c1. The minimum atomic E-state index is -3.95. The smallest absolute Gasteiger partial charge is 0.244 e. The van der Waals surface area contributed by atoms with Gasteiger partial charge in [0.1, 0.15) is 11.5 Å². The number of amides is 1. The highest BCUT2D eigenvalue weighted by atomic mass is 32.2. The van der Waals surface area contributed by atoms with Crippen molar-refractivity contribution in [1.29, 1.82) is 0 Å². The molecule has 1 amide bonds. The van der Waals surface area contributed by atoms with E-state index in [1.165, 1.54) is 4.31 Å². The minimum absolute atomic E-state index is 0.208. The molecule has 1 aliphatic rings. The zero-order valence-corrected chi connectivity index (χ0v) is 24.2. The molecule has 2 heterocycles. The molecule has 1 aromatic heterocycles. The van der Waals surface area contributed by atoms with Crippen molar-refractivity contribution in [3.63, 3.8) is 0 Å². The Kier molecular flexibility index (Phi) is 9.61. The van der Waals surface area contributed by atoms with Gasteiger partial charge in [-0.1, -0.05) is 48.0 Å². The first-order valence-electron chi connectivity index (χ1n) is 13.4. The molecule has 2 aromatic carbocycles. The molecule has 0 unspecified atom stereocenters. The second-order valence-corrected chi connectivity index (χ2v) is 12.1. The van der Waals surface area contributed by atoms with Crippen LogP contribution in [0.3, 0.4) is 0 Å². The molecule has 39 heavy (non-hydrogen) atoms. The Bertz CT molecular complexity index is 1340. The van der Waals surface area contributed by atoms with Gasteiger partial charge in [0, 0.05) is 32.7 Å². The molecular weight excluding hydrogens is 514 g/mol. The highest BCUT2D eigenvalue weighted by molar-refractivity contribution is 7.89. The van der Waals surface area contributed by atoms with Crippen LogP contribution in [-0.4, -0.2) is 74.4 Å². The van der Waals surface area contributed by atoms with Crippen LogP contribution in [0.15, 0.2) is 63.9 Å². The van der Waals surface area contributed by atoms with Crippen molar-refractivity contribution >= 4 is 15.9 Å². The van der Waals surface area contributed by atoms with Gasteiger partial charge in [-0.15, -0.1) is 0 Å². The number of morpholine rings is 1. The van der Waals surface area contributed by atoms with Gasteiger partial charge in [-0.25, -0.2) is 8.42 Å². The van der Waals surface area contributed by atoms with Crippen LogP contribution in [0.5, 0.6) is 0 Å². The van der Waals surface area contributed by atoms with E-state index in [9.17, 15) is 13.2 Å². The molecule has 0 aliphatic carbocycles. The zero-order valence-electron chi connectivity index (χ0n) is 23.4. The molecule has 1 fully saturated rings. The second-order valence-electron chi connectivity index (χ2n) is 10.3. The van der Waals surface area contributed by atoms with Crippen LogP contribution in [-0.2, 0) is 32.6 Å². The van der Waals surface area contributed by atoms with Gasteiger partial charge in [0.25, 0.3) is 0 Å². The highest BCUT2D eigenvalue weighted by Gasteiger charge is 2.32. The molecule has 9 heteroatoms. The van der Waals surface area contributed by atoms with Crippen molar-refractivity contribution in [3.8, 4) is 0 Å². The van der Waals surface area contributed by atoms with E-state index < -0.39 is 10.0 Å². The number of nitrogens with zero attached hydrogens (tertiary/aromatic N) is 3. The van der Waals surface area contributed by atoms with Gasteiger partial charge in [-0.2, -0.15) is 4.31 Å². The largest absolute Gasteiger partial charge is 0.464 e. The van der Waals surface area contributed by atoms with Crippen molar-refractivity contribution in [1.82, 2.24) is 14.1 Å². The summed E-state index contributed by atoms with van der Waals surface area (Å²) in [4.78, 5) is 18.0. The van der Waals surface area contributed by atoms with E-state index in [1.54, 1.807) is 4.90 Å². The van der Waals surface area contributed by atoms with E-state index in [1.807, 2.05) is 82.3 Å². The van der Waals surface area contributed by atoms with E-state index in [0.717, 1.165) is 30.0 Å². The normalized spacial score (nSPS) is 14.6. The number of aryl methyl sites for hydroxylation is 4. The van der Waals surface area contributed by atoms with Gasteiger partial charge in [0.15, 0.2) is 0 Å². The first-order chi connectivity index (χ1) is 18.6. The fourth-order valence-electron chi connectivity index (χ4n) is 5.11. The Morgan fingerprint density at radius 1 is 0.923 bits per heavy atom. The molecule has 0 N–H and O–H groups in total. The Labute approximate surface area is 232 Å². The van der Waals surface area contributed by atoms with Gasteiger partial charge in [0.2, 0.25) is 15.9 Å². The summed E-state index contributed by atoms with van der Waals surface area (Å²) >= 11 is 0. The average molecular weight is 554 g/mol. The van der Waals surface area contributed by atoms with Crippen LogP contribution >= 0.6 is 0 Å². The number of rotatable bonds is 11. The molecular formula is C30H39N3O5S. The monoisotopic (exact) mass is 553 g/mol. The lowest BCUT2D eigenvalue weighted by molar-refractivity contribution is -0.133. The molecule has 1 aliphatic heterocycles. The number of sulfonamides is 1. The maximum Gasteiger partial charge on any atom is 0.244 e. The summed E-state index contributed by atoms with van der Waals surface area (Å²) < 4.78 is 40.8. The fraction of sp³-hybridized carbons (Fsp3) is 0.433. The van der Waals surface area contributed by atoms with Crippen LogP contribution < -0.4 is 0 Å². The third kappa shape index (κ3) is 7.57. The van der Waals surface area contributed by atoms with Gasteiger partial charge in [-0.05, 0) is 56.5 Å². The fourth-order valence-corrected chi connectivity index (χ4v) is 6.90. The number of furan rings is 1. The Morgan fingerprint density at radius 2 is 1.59 bits per heavy atom. The summed E-state index contributed by atoms with van der Waals surface area (Å²) in [6.45, 7) is 11.2. The summed E-state index contributed by atoms with van der Waals surface area (Å²) in [6, 6.07) is 17.2. The molecule has 210 valence electrons. The molecule has 0 spiro atoms. The molecule has 0 radical (unpaired) electrons. The summed E-state index contributed by atoms with van der Waals surface area (Å²) in [5, 5.41) is 0. The van der Waals surface area contributed by atoms with E-state index in [4.69, 9.17) is 9.15 Å². The number of carbonyl (C=O) groups excluding carboxylic acids is 1. The molecule has 3 aromatic rings. The first kappa shape index (κ1) is 29.0. The third-order valence-electron chi connectivity index (χ3n) is 7.00. The van der Waals surface area contributed by atoms with Crippen LogP contribution in [0.4, 0.5) is 0 Å². The number of hydrogen-bond donors (Lipinski definition) is 0. The maximum atomic E-state index is 14.1. The number of carbonyl (C=O) groups is 1. The molecule has 0 saturated carbocycles. The number of ether oxygens (including phenoxy) is 1. The van der Waals surface area contributed by atoms with Crippen molar-refractivity contribution in [3.05, 3.63) is 88.4 Å². The molecule has 8 nitrogen and oxygen atoms in total. The summed E-state index contributed by atoms with van der Waals surface area (Å²) in [7, 11) is -3.95. The average Bonchev–Trinajstić information content (AvgIpc) is 3.30. The summed E-state index contributed by atoms with van der Waals surface area (Å²) in [5.41, 5.74) is 3.33. The van der Waals surface area contributed by atoms with Crippen molar-refractivity contribution in [2.45, 2.75) is 45.7 Å². The highest BCUT2D eigenvalue weighted by Crippen LogP contribution is 2.26. The van der Waals surface area contributed by atoms with E-state index in [-0.39, 0.29) is 30.4 Å². The lowest BCUT2D eigenvalue weighted by atomic mass is 10.1. The topological polar surface area (TPSA) is 83.3 Å². The standard InChI is InChI=1S/C30H39N3O5S/c1-23-18-24(2)30(25(3)19-23)39(35,36)33(13-12-31-14-16-37-17-15-31)22-29(34)32(20-27-8-6-5-7-9-27)21-28-11-10-26(4)38-28/h5-11,18-19H,12-17,20-22H2,1-4H3. The van der Waals surface area contributed by atoms with Crippen molar-refractivity contribution in [2.24, 2.45) is 0 Å². The predicted molar refractivity (Wildman–Crippen MR) is 151 cm³/mol. The van der Waals surface area contributed by atoms with Gasteiger partial charge in [-0.3, -0.25) is 9.69 Å². The van der Waals surface area contributed by atoms with Crippen LogP contribution in [0.25, 0.3) is 0 Å². The Balaban J connectivity index is 1.63. The predicted octanol–water partition coefficient (Wildman–Crippen LogP) is 4.07. The second kappa shape index (κ2) is 12.9. The first-order valence-corrected chi connectivity index (χ1v) is 14.8. The minimum Gasteiger partial charge on any atom is -0.464 e. The Hall–Kier alpha value is -2.98. The lowest BCUT2D eigenvalue weighted by Crippen LogP contribution is -2.47. The van der Waals surface area contributed by atoms with Gasteiger partial charge < -0.3 is 14.1 Å². The molecule has 4 rings (SSSR count).